The van der Waals surface area contributed by atoms with E-state index < -0.39 is 0 Å². The number of amides is 1. The lowest BCUT2D eigenvalue weighted by Gasteiger charge is -2.57. The van der Waals surface area contributed by atoms with E-state index in [0.717, 1.165) is 58.4 Å². The van der Waals surface area contributed by atoms with E-state index in [2.05, 4.69) is 29.4 Å². The van der Waals surface area contributed by atoms with Gasteiger partial charge in [0.25, 0.3) is 5.91 Å². The number of pyridine rings is 1. The monoisotopic (exact) mass is 474 g/mol. The number of aromatic nitrogens is 1. The summed E-state index contributed by atoms with van der Waals surface area (Å²) in [5.41, 5.74) is 5.11. The predicted octanol–water partition coefficient (Wildman–Crippen LogP) is 5.19. The normalized spacial score (nSPS) is 23.3. The molecule has 1 amide bonds. The van der Waals surface area contributed by atoms with Crippen molar-refractivity contribution >= 4 is 23.0 Å². The van der Waals surface area contributed by atoms with Gasteiger partial charge in [-0.25, -0.2) is 0 Å². The van der Waals surface area contributed by atoms with Gasteiger partial charge in [0.2, 0.25) is 5.56 Å². The summed E-state index contributed by atoms with van der Waals surface area (Å²) in [7, 11) is 0. The Morgan fingerprint density at radius 1 is 1.03 bits per heavy atom. The van der Waals surface area contributed by atoms with Crippen LogP contribution in [0.2, 0.25) is 0 Å². The molecule has 34 heavy (non-hydrogen) atoms. The number of nitrogens with one attached hydrogen (secondary N) is 2. The fourth-order valence-corrected chi connectivity index (χ4v) is 6.91. The van der Waals surface area contributed by atoms with Crippen LogP contribution in [0.4, 0.5) is 0 Å². The lowest BCUT2D eigenvalue weighted by atomic mass is 9.49. The van der Waals surface area contributed by atoms with Crippen molar-refractivity contribution in [1.82, 2.24) is 10.3 Å². The van der Waals surface area contributed by atoms with Crippen molar-refractivity contribution in [2.24, 2.45) is 11.3 Å². The van der Waals surface area contributed by atoms with Crippen molar-refractivity contribution in [3.05, 3.63) is 79.4 Å². The summed E-state index contributed by atoms with van der Waals surface area (Å²) in [6.07, 6.45) is 6.31. The summed E-state index contributed by atoms with van der Waals surface area (Å²) in [5, 5.41) is 3.27. The average Bonchev–Trinajstić information content (AvgIpc) is 3.01. The molecule has 176 valence electrons. The summed E-state index contributed by atoms with van der Waals surface area (Å²) >= 11 is 1.68. The van der Waals surface area contributed by atoms with E-state index in [1.165, 1.54) is 4.88 Å². The molecule has 2 saturated carbocycles. The fourth-order valence-electron chi connectivity index (χ4n) is 5.84. The van der Waals surface area contributed by atoms with E-state index in [0.29, 0.717) is 17.6 Å². The van der Waals surface area contributed by atoms with Gasteiger partial charge in [-0.3, -0.25) is 14.4 Å². The Hall–Kier alpha value is -2.99. The van der Waals surface area contributed by atoms with Crippen LogP contribution in [0.1, 0.15) is 63.8 Å². The number of hydrogen-bond donors (Lipinski definition) is 2. The van der Waals surface area contributed by atoms with Gasteiger partial charge in [0, 0.05) is 34.0 Å². The molecule has 3 aromatic rings. The molecule has 0 aliphatic heterocycles. The van der Waals surface area contributed by atoms with Crippen molar-refractivity contribution < 1.29 is 9.59 Å². The number of ketones is 1. The zero-order valence-electron chi connectivity index (χ0n) is 19.9. The van der Waals surface area contributed by atoms with E-state index >= 15 is 0 Å². The van der Waals surface area contributed by atoms with E-state index in [1.54, 1.807) is 30.5 Å². The number of Topliss-reactive ketones (excluding diaryl/α,β-unsaturated/α-hetero) is 1. The van der Waals surface area contributed by atoms with Crippen LogP contribution in [0.5, 0.6) is 0 Å². The Kier molecular flexibility index (Phi) is 5.80. The Morgan fingerprint density at radius 3 is 2.38 bits per heavy atom. The second kappa shape index (κ2) is 8.66. The molecule has 2 N–H and O–H groups in total. The molecule has 1 aromatic carbocycles. The molecule has 0 atom stereocenters. The van der Waals surface area contributed by atoms with E-state index in [1.807, 2.05) is 25.1 Å². The standard InChI is InChI=1S/C28H30N2O3S/c1-16(31)22-12-28(13-22)14-23(15-28)30-27(33)26-18(3)34-17(2)24(26)10-19-4-6-20(7-5-19)21-8-9-29-25(32)11-21/h4-9,11,22-23H,10,12-15H2,1-3H3,(H,29,32)(H,30,33). The van der Waals surface area contributed by atoms with Gasteiger partial charge >= 0.3 is 0 Å². The molecule has 2 aliphatic carbocycles. The maximum Gasteiger partial charge on any atom is 0.252 e. The fraction of sp³-hybridized carbons (Fsp3) is 0.393. The van der Waals surface area contributed by atoms with Gasteiger partial charge in [0.1, 0.15) is 5.78 Å². The van der Waals surface area contributed by atoms with Gasteiger partial charge in [-0.1, -0.05) is 24.3 Å². The van der Waals surface area contributed by atoms with Gasteiger partial charge in [-0.15, -0.1) is 11.3 Å². The van der Waals surface area contributed by atoms with Crippen LogP contribution in [-0.4, -0.2) is 22.7 Å². The highest BCUT2D eigenvalue weighted by Crippen LogP contribution is 2.58. The van der Waals surface area contributed by atoms with Crippen molar-refractivity contribution in [3.63, 3.8) is 0 Å². The van der Waals surface area contributed by atoms with Gasteiger partial charge < -0.3 is 10.3 Å². The van der Waals surface area contributed by atoms with Gasteiger partial charge in [0.15, 0.2) is 0 Å². The molecule has 5 nitrogen and oxygen atoms in total. The first-order valence-corrected chi connectivity index (χ1v) is 12.7. The lowest BCUT2D eigenvalue weighted by Crippen LogP contribution is -2.57. The highest BCUT2D eigenvalue weighted by Gasteiger charge is 2.54. The number of rotatable bonds is 6. The number of aromatic amines is 1. The van der Waals surface area contributed by atoms with Crippen LogP contribution in [0.3, 0.4) is 0 Å². The smallest absolute Gasteiger partial charge is 0.252 e. The zero-order valence-corrected chi connectivity index (χ0v) is 20.7. The van der Waals surface area contributed by atoms with Crippen LogP contribution in [0.15, 0.2) is 47.4 Å². The van der Waals surface area contributed by atoms with Crippen molar-refractivity contribution in [3.8, 4) is 11.1 Å². The number of carbonyl (C=O) groups excluding carboxylic acids is 2. The second-order valence-corrected chi connectivity index (χ2v) is 11.6. The summed E-state index contributed by atoms with van der Waals surface area (Å²) < 4.78 is 0. The third kappa shape index (κ3) is 4.27. The molecule has 2 heterocycles. The summed E-state index contributed by atoms with van der Waals surface area (Å²) in [5.74, 6) is 0.566. The third-order valence-electron chi connectivity index (χ3n) is 7.68. The van der Waals surface area contributed by atoms with Crippen molar-refractivity contribution in [1.29, 1.82) is 0 Å². The molecular formula is C28H30N2O3S. The van der Waals surface area contributed by atoms with E-state index in [-0.39, 0.29) is 23.4 Å². The van der Waals surface area contributed by atoms with Crippen LogP contribution < -0.4 is 10.9 Å². The van der Waals surface area contributed by atoms with Crippen molar-refractivity contribution in [2.75, 3.05) is 0 Å². The molecule has 0 unspecified atom stereocenters. The topological polar surface area (TPSA) is 79.0 Å². The van der Waals surface area contributed by atoms with Crippen LogP contribution >= 0.6 is 11.3 Å². The molecule has 2 aliphatic rings. The molecule has 0 bridgehead atoms. The maximum atomic E-state index is 13.3. The molecule has 5 rings (SSSR count). The van der Waals surface area contributed by atoms with Gasteiger partial charge in [-0.05, 0) is 86.6 Å². The summed E-state index contributed by atoms with van der Waals surface area (Å²) in [6, 6.07) is 11.9. The third-order valence-corrected chi connectivity index (χ3v) is 8.75. The number of thiophene rings is 1. The quantitative estimate of drug-likeness (QED) is 0.516. The molecule has 0 saturated heterocycles. The molecule has 2 fully saturated rings. The molecular weight excluding hydrogens is 444 g/mol. The number of H-pyrrole nitrogens is 1. The Labute approximate surface area is 203 Å². The zero-order chi connectivity index (χ0) is 24.0. The number of aryl methyl sites for hydroxylation is 2. The molecule has 2 aromatic heterocycles. The maximum absolute atomic E-state index is 13.3. The first kappa shape index (κ1) is 22.8. The minimum Gasteiger partial charge on any atom is -0.349 e. The average molecular weight is 475 g/mol. The number of carbonyl (C=O) groups is 2. The molecule has 0 radical (unpaired) electrons. The second-order valence-electron chi connectivity index (χ2n) is 10.2. The summed E-state index contributed by atoms with van der Waals surface area (Å²) in [4.78, 5) is 41.3. The molecule has 1 spiro atoms. The van der Waals surface area contributed by atoms with Crippen molar-refractivity contribution in [2.45, 2.75) is 58.9 Å². The van der Waals surface area contributed by atoms with Crippen LogP contribution in [0.25, 0.3) is 11.1 Å². The van der Waals surface area contributed by atoms with Gasteiger partial charge in [0.05, 0.1) is 5.56 Å². The first-order valence-electron chi connectivity index (χ1n) is 11.9. The van der Waals surface area contributed by atoms with E-state index in [9.17, 15) is 14.4 Å². The largest absolute Gasteiger partial charge is 0.349 e. The summed E-state index contributed by atoms with van der Waals surface area (Å²) in [6.45, 7) is 5.80. The minimum atomic E-state index is -0.116. The molecule has 6 heteroatoms. The lowest BCUT2D eigenvalue weighted by molar-refractivity contribution is -0.134. The first-order chi connectivity index (χ1) is 16.2. The highest BCUT2D eigenvalue weighted by molar-refractivity contribution is 7.12. The van der Waals surface area contributed by atoms with Gasteiger partial charge in [-0.2, -0.15) is 0 Å². The van der Waals surface area contributed by atoms with E-state index in [4.69, 9.17) is 0 Å². The van der Waals surface area contributed by atoms with Crippen LogP contribution in [0, 0.1) is 25.2 Å². The Balaban J connectivity index is 1.27. The predicted molar refractivity (Wildman–Crippen MR) is 135 cm³/mol. The van der Waals surface area contributed by atoms with Crippen LogP contribution in [-0.2, 0) is 11.2 Å². The SMILES string of the molecule is CC(=O)C1CC2(CC(NC(=O)c3c(C)sc(C)c3Cc3ccc(-c4cc[nH]c(=O)c4)cc3)C2)C1. The Bertz CT molecular complexity index is 1300. The Morgan fingerprint density at radius 2 is 1.74 bits per heavy atom. The number of benzene rings is 1. The minimum absolute atomic E-state index is 0.0271. The highest BCUT2D eigenvalue weighted by atomic mass is 32.1. The number of hydrogen-bond acceptors (Lipinski definition) is 4.